The number of carbonyl (C=O) groups excluding carboxylic acids is 1. The van der Waals surface area contributed by atoms with E-state index in [1.165, 1.54) is 17.0 Å². The average Bonchev–Trinajstić information content (AvgIpc) is 2.59. The van der Waals surface area contributed by atoms with Gasteiger partial charge in [-0.2, -0.15) is 0 Å². The Balaban J connectivity index is 1.64. The zero-order chi connectivity index (χ0) is 16.9. The molecule has 0 aliphatic carbocycles. The van der Waals surface area contributed by atoms with E-state index < -0.39 is 0 Å². The molecule has 3 nitrogen and oxygen atoms in total. The minimum absolute atomic E-state index is 0.0557. The van der Waals surface area contributed by atoms with Gasteiger partial charge in [-0.15, -0.1) is 0 Å². The molecule has 0 bridgehead atoms. The first kappa shape index (κ1) is 16.0. The minimum Gasteiger partial charge on any atom is -0.483 e. The molecule has 0 spiro atoms. The number of fused-ring (bicyclic) bond motifs is 1. The number of benzene rings is 3. The van der Waals surface area contributed by atoms with Crippen LogP contribution in [0.2, 0.25) is 0 Å². The van der Waals surface area contributed by atoms with Crippen LogP contribution in [0.5, 0.6) is 5.75 Å². The average molecular weight is 323 g/mol. The second-order valence-corrected chi connectivity index (χ2v) is 5.65. The number of amides is 1. The standard InChI is InChI=1S/C20H18FNO2/c1-22(13-15-6-4-9-17(21)12-15)20(23)14-24-19-11-5-8-16-7-2-3-10-18(16)19/h2-12H,13-14H2,1H3. The number of halogens is 1. The van der Waals surface area contributed by atoms with Crippen molar-refractivity contribution in [2.75, 3.05) is 13.7 Å². The van der Waals surface area contributed by atoms with Crippen LogP contribution in [0.1, 0.15) is 5.56 Å². The van der Waals surface area contributed by atoms with Crippen molar-refractivity contribution in [2.45, 2.75) is 6.54 Å². The van der Waals surface area contributed by atoms with E-state index in [0.717, 1.165) is 16.3 Å². The van der Waals surface area contributed by atoms with Crippen LogP contribution >= 0.6 is 0 Å². The molecule has 0 N–H and O–H groups in total. The second-order valence-electron chi connectivity index (χ2n) is 5.65. The molecule has 0 radical (unpaired) electrons. The predicted octanol–water partition coefficient (Wildman–Crippen LogP) is 4.02. The van der Waals surface area contributed by atoms with Gasteiger partial charge in [0.1, 0.15) is 11.6 Å². The molecular formula is C20H18FNO2. The van der Waals surface area contributed by atoms with E-state index in [9.17, 15) is 9.18 Å². The second kappa shape index (κ2) is 7.13. The Kier molecular flexibility index (Phi) is 4.75. The predicted molar refractivity (Wildman–Crippen MR) is 92.3 cm³/mol. The van der Waals surface area contributed by atoms with Crippen LogP contribution in [-0.2, 0) is 11.3 Å². The normalized spacial score (nSPS) is 10.6. The van der Waals surface area contributed by atoms with Gasteiger partial charge in [0.2, 0.25) is 0 Å². The van der Waals surface area contributed by atoms with Gasteiger partial charge in [0.05, 0.1) is 0 Å². The number of likely N-dealkylation sites (N-methyl/N-ethyl adjacent to an activating group) is 1. The van der Waals surface area contributed by atoms with Gasteiger partial charge in [-0.3, -0.25) is 4.79 Å². The van der Waals surface area contributed by atoms with E-state index in [4.69, 9.17) is 4.74 Å². The Bertz CT molecular complexity index is 858. The van der Waals surface area contributed by atoms with Crippen LogP contribution in [0.25, 0.3) is 10.8 Å². The van der Waals surface area contributed by atoms with E-state index in [0.29, 0.717) is 12.3 Å². The minimum atomic E-state index is -0.305. The lowest BCUT2D eigenvalue weighted by Crippen LogP contribution is -2.31. The van der Waals surface area contributed by atoms with Gasteiger partial charge in [0, 0.05) is 19.0 Å². The number of ether oxygens (including phenoxy) is 1. The van der Waals surface area contributed by atoms with Gasteiger partial charge < -0.3 is 9.64 Å². The first-order valence-corrected chi connectivity index (χ1v) is 7.72. The third-order valence-electron chi connectivity index (χ3n) is 3.84. The molecule has 1 amide bonds. The van der Waals surface area contributed by atoms with Gasteiger partial charge in [0.15, 0.2) is 6.61 Å². The summed E-state index contributed by atoms with van der Waals surface area (Å²) in [6, 6.07) is 19.8. The van der Waals surface area contributed by atoms with E-state index in [1.54, 1.807) is 19.2 Å². The van der Waals surface area contributed by atoms with Crippen LogP contribution in [0.15, 0.2) is 66.7 Å². The van der Waals surface area contributed by atoms with Gasteiger partial charge in [-0.05, 0) is 29.1 Å². The number of rotatable bonds is 5. The van der Waals surface area contributed by atoms with Gasteiger partial charge in [-0.25, -0.2) is 4.39 Å². The number of hydrogen-bond donors (Lipinski definition) is 0. The number of hydrogen-bond acceptors (Lipinski definition) is 2. The Morgan fingerprint density at radius 3 is 2.62 bits per heavy atom. The molecule has 0 aromatic heterocycles. The molecule has 3 rings (SSSR count). The fourth-order valence-corrected chi connectivity index (χ4v) is 2.57. The molecule has 0 aliphatic heterocycles. The summed E-state index contributed by atoms with van der Waals surface area (Å²) in [4.78, 5) is 13.8. The van der Waals surface area contributed by atoms with Gasteiger partial charge in [0.25, 0.3) is 5.91 Å². The van der Waals surface area contributed by atoms with E-state index >= 15 is 0 Å². The summed E-state index contributed by atoms with van der Waals surface area (Å²) in [5, 5.41) is 2.04. The quantitative estimate of drug-likeness (QED) is 0.710. The molecule has 3 aromatic carbocycles. The Morgan fingerprint density at radius 2 is 1.79 bits per heavy atom. The highest BCUT2D eigenvalue weighted by atomic mass is 19.1. The fourth-order valence-electron chi connectivity index (χ4n) is 2.57. The van der Waals surface area contributed by atoms with Crippen LogP contribution in [0, 0.1) is 5.82 Å². The van der Waals surface area contributed by atoms with Crippen molar-refractivity contribution >= 4 is 16.7 Å². The third-order valence-corrected chi connectivity index (χ3v) is 3.84. The molecule has 122 valence electrons. The molecule has 0 heterocycles. The summed E-state index contributed by atoms with van der Waals surface area (Å²) in [7, 11) is 1.68. The lowest BCUT2D eigenvalue weighted by Gasteiger charge is -2.18. The molecule has 4 heteroatoms. The van der Waals surface area contributed by atoms with Crippen LogP contribution in [0.4, 0.5) is 4.39 Å². The summed E-state index contributed by atoms with van der Waals surface area (Å²) in [6.07, 6.45) is 0. The topological polar surface area (TPSA) is 29.5 Å². The molecule has 3 aromatic rings. The SMILES string of the molecule is CN(Cc1cccc(F)c1)C(=O)COc1cccc2ccccc12. The van der Waals surface area contributed by atoms with Crippen molar-refractivity contribution in [3.05, 3.63) is 78.1 Å². The summed E-state index contributed by atoms with van der Waals surface area (Å²) >= 11 is 0. The van der Waals surface area contributed by atoms with Crippen LogP contribution in [0.3, 0.4) is 0 Å². The maximum absolute atomic E-state index is 13.2. The van der Waals surface area contributed by atoms with E-state index in [1.807, 2.05) is 42.5 Å². The highest BCUT2D eigenvalue weighted by Crippen LogP contribution is 2.25. The Hall–Kier alpha value is -2.88. The molecule has 0 fully saturated rings. The fraction of sp³-hybridized carbons (Fsp3) is 0.150. The zero-order valence-corrected chi connectivity index (χ0v) is 13.4. The van der Waals surface area contributed by atoms with Crippen molar-refractivity contribution in [3.63, 3.8) is 0 Å². The molecule has 0 aliphatic rings. The van der Waals surface area contributed by atoms with Crippen molar-refractivity contribution in [2.24, 2.45) is 0 Å². The van der Waals surface area contributed by atoms with Gasteiger partial charge in [-0.1, -0.05) is 48.5 Å². The first-order chi connectivity index (χ1) is 11.6. The Morgan fingerprint density at radius 1 is 1.04 bits per heavy atom. The monoisotopic (exact) mass is 323 g/mol. The maximum Gasteiger partial charge on any atom is 0.260 e. The van der Waals surface area contributed by atoms with Crippen molar-refractivity contribution in [1.29, 1.82) is 0 Å². The number of carbonyl (C=O) groups is 1. The summed E-state index contributed by atoms with van der Waals surface area (Å²) in [5.74, 6) is 0.216. The smallest absolute Gasteiger partial charge is 0.260 e. The largest absolute Gasteiger partial charge is 0.483 e. The summed E-state index contributed by atoms with van der Waals surface area (Å²) < 4.78 is 18.9. The molecule has 0 saturated heterocycles. The van der Waals surface area contributed by atoms with E-state index in [-0.39, 0.29) is 18.3 Å². The zero-order valence-electron chi connectivity index (χ0n) is 13.4. The van der Waals surface area contributed by atoms with Crippen molar-refractivity contribution < 1.29 is 13.9 Å². The third kappa shape index (κ3) is 3.71. The van der Waals surface area contributed by atoms with E-state index in [2.05, 4.69) is 0 Å². The first-order valence-electron chi connectivity index (χ1n) is 7.72. The molecule has 0 saturated carbocycles. The molecule has 0 unspecified atom stereocenters. The highest BCUT2D eigenvalue weighted by molar-refractivity contribution is 5.88. The molecular weight excluding hydrogens is 305 g/mol. The number of nitrogens with zero attached hydrogens (tertiary/aromatic N) is 1. The summed E-state index contributed by atoms with van der Waals surface area (Å²) in [6.45, 7) is 0.287. The van der Waals surface area contributed by atoms with Crippen molar-refractivity contribution in [3.8, 4) is 5.75 Å². The van der Waals surface area contributed by atoms with Gasteiger partial charge >= 0.3 is 0 Å². The van der Waals surface area contributed by atoms with Crippen LogP contribution in [-0.4, -0.2) is 24.5 Å². The maximum atomic E-state index is 13.2. The Labute approximate surface area is 140 Å². The highest BCUT2D eigenvalue weighted by Gasteiger charge is 2.11. The summed E-state index contributed by atoms with van der Waals surface area (Å²) in [5.41, 5.74) is 0.746. The lowest BCUT2D eigenvalue weighted by molar-refractivity contribution is -0.132. The molecule has 0 atom stereocenters. The van der Waals surface area contributed by atoms with Crippen molar-refractivity contribution in [1.82, 2.24) is 4.90 Å². The molecule has 24 heavy (non-hydrogen) atoms. The lowest BCUT2D eigenvalue weighted by atomic mass is 10.1. The van der Waals surface area contributed by atoms with Crippen LogP contribution < -0.4 is 4.74 Å².